The van der Waals surface area contributed by atoms with E-state index in [0.29, 0.717) is 6.42 Å². The molecule has 1 amide bonds. The second kappa shape index (κ2) is 5.36. The quantitative estimate of drug-likeness (QED) is 0.690. The van der Waals surface area contributed by atoms with E-state index < -0.39 is 0 Å². The maximum atomic E-state index is 11.9. The Morgan fingerprint density at radius 2 is 1.88 bits per heavy atom. The first kappa shape index (κ1) is 12.8. The Morgan fingerprint density at radius 3 is 2.53 bits per heavy atom. The maximum absolute atomic E-state index is 11.9. The van der Waals surface area contributed by atoms with Gasteiger partial charge < -0.3 is 16.2 Å². The van der Waals surface area contributed by atoms with Crippen molar-refractivity contribution in [1.82, 2.24) is 5.32 Å². The van der Waals surface area contributed by atoms with Gasteiger partial charge in [-0.2, -0.15) is 0 Å². The monoisotopic (exact) mass is 240 g/mol. The fraction of sp³-hybridized carbons (Fsp3) is 0.923. The second-order valence-corrected chi connectivity index (χ2v) is 5.77. The molecule has 2 fully saturated rings. The van der Waals surface area contributed by atoms with Crippen LogP contribution in [0, 0.1) is 0 Å². The third-order valence-electron chi connectivity index (χ3n) is 4.19. The molecule has 2 aliphatic carbocycles. The molecule has 0 aromatic heterocycles. The van der Waals surface area contributed by atoms with Crippen LogP contribution in [0.25, 0.3) is 0 Å². The fourth-order valence-electron chi connectivity index (χ4n) is 3.11. The van der Waals surface area contributed by atoms with Crippen molar-refractivity contribution < 1.29 is 9.90 Å². The number of nitrogens with one attached hydrogen (secondary N) is 1. The maximum Gasteiger partial charge on any atom is 0.222 e. The van der Waals surface area contributed by atoms with Crippen molar-refractivity contribution in [3.8, 4) is 0 Å². The van der Waals surface area contributed by atoms with Crippen LogP contribution in [0.15, 0.2) is 0 Å². The summed E-state index contributed by atoms with van der Waals surface area (Å²) in [5.41, 5.74) is 5.89. The lowest BCUT2D eigenvalue weighted by atomic mass is 9.91. The van der Waals surface area contributed by atoms with Crippen LogP contribution in [0.2, 0.25) is 0 Å². The van der Waals surface area contributed by atoms with Gasteiger partial charge in [-0.15, -0.1) is 0 Å². The molecule has 2 aliphatic rings. The summed E-state index contributed by atoms with van der Waals surface area (Å²) >= 11 is 0. The van der Waals surface area contributed by atoms with E-state index in [-0.39, 0.29) is 23.6 Å². The van der Waals surface area contributed by atoms with Gasteiger partial charge in [0.25, 0.3) is 0 Å². The van der Waals surface area contributed by atoms with Crippen molar-refractivity contribution in [2.24, 2.45) is 5.73 Å². The Bertz CT molecular complexity index is 275. The molecule has 0 saturated heterocycles. The van der Waals surface area contributed by atoms with E-state index in [9.17, 15) is 9.90 Å². The largest absolute Gasteiger partial charge is 0.391 e. The van der Waals surface area contributed by atoms with E-state index in [1.54, 1.807) is 0 Å². The first-order valence-electron chi connectivity index (χ1n) is 6.85. The SMILES string of the molecule is NC1(CC(=O)NC2CCCCC2O)CCCC1. The topological polar surface area (TPSA) is 75.4 Å². The summed E-state index contributed by atoms with van der Waals surface area (Å²) in [7, 11) is 0. The van der Waals surface area contributed by atoms with Crippen molar-refractivity contribution in [2.75, 3.05) is 0 Å². The van der Waals surface area contributed by atoms with Crippen molar-refractivity contribution in [1.29, 1.82) is 0 Å². The van der Waals surface area contributed by atoms with Gasteiger partial charge in [0.1, 0.15) is 0 Å². The Hall–Kier alpha value is -0.610. The number of carbonyl (C=O) groups excluding carboxylic acids is 1. The molecule has 0 aliphatic heterocycles. The van der Waals surface area contributed by atoms with Gasteiger partial charge >= 0.3 is 0 Å². The minimum Gasteiger partial charge on any atom is -0.391 e. The molecule has 0 spiro atoms. The Kier molecular flexibility index (Phi) is 4.05. The smallest absolute Gasteiger partial charge is 0.222 e. The standard InChI is InChI=1S/C13H24N2O2/c14-13(7-3-4-8-13)9-12(17)15-10-5-1-2-6-11(10)16/h10-11,16H,1-9,14H2,(H,15,17). The summed E-state index contributed by atoms with van der Waals surface area (Å²) < 4.78 is 0. The van der Waals surface area contributed by atoms with Crippen LogP contribution in [-0.2, 0) is 4.79 Å². The third kappa shape index (κ3) is 3.42. The average molecular weight is 240 g/mol. The van der Waals surface area contributed by atoms with Crippen LogP contribution in [0.3, 0.4) is 0 Å². The molecule has 4 N–H and O–H groups in total. The van der Waals surface area contributed by atoms with Crippen molar-refractivity contribution in [2.45, 2.75) is 75.5 Å². The normalized spacial score (nSPS) is 32.4. The molecule has 2 rings (SSSR count). The number of carbonyl (C=O) groups is 1. The van der Waals surface area contributed by atoms with Crippen molar-refractivity contribution in [3.05, 3.63) is 0 Å². The van der Waals surface area contributed by atoms with E-state index in [4.69, 9.17) is 5.73 Å². The number of hydrogen-bond donors (Lipinski definition) is 3. The zero-order valence-corrected chi connectivity index (χ0v) is 10.5. The summed E-state index contributed by atoms with van der Waals surface area (Å²) in [6.07, 6.45) is 8.07. The highest BCUT2D eigenvalue weighted by molar-refractivity contribution is 5.77. The molecule has 4 nitrogen and oxygen atoms in total. The zero-order valence-electron chi connectivity index (χ0n) is 10.5. The Morgan fingerprint density at radius 1 is 1.24 bits per heavy atom. The van der Waals surface area contributed by atoms with Gasteiger partial charge in [-0.3, -0.25) is 4.79 Å². The van der Waals surface area contributed by atoms with E-state index in [1.165, 1.54) is 0 Å². The zero-order chi connectivity index (χ0) is 12.3. The molecule has 0 aromatic rings. The van der Waals surface area contributed by atoms with Gasteiger partial charge in [0.05, 0.1) is 12.1 Å². The minimum absolute atomic E-state index is 0.0142. The highest BCUT2D eigenvalue weighted by atomic mass is 16.3. The highest BCUT2D eigenvalue weighted by Crippen LogP contribution is 2.30. The highest BCUT2D eigenvalue weighted by Gasteiger charge is 2.33. The summed E-state index contributed by atoms with van der Waals surface area (Å²) in [4.78, 5) is 11.9. The van der Waals surface area contributed by atoms with Gasteiger partial charge in [0.15, 0.2) is 0 Å². The third-order valence-corrected chi connectivity index (χ3v) is 4.19. The lowest BCUT2D eigenvalue weighted by Gasteiger charge is -2.30. The van der Waals surface area contributed by atoms with Crippen LogP contribution < -0.4 is 11.1 Å². The van der Waals surface area contributed by atoms with E-state index in [0.717, 1.165) is 51.4 Å². The lowest BCUT2D eigenvalue weighted by Crippen LogP contribution is -2.49. The number of nitrogens with two attached hydrogens (primary N) is 1. The predicted octanol–water partition coefficient (Wildman–Crippen LogP) is 1.07. The van der Waals surface area contributed by atoms with Gasteiger partial charge in [0, 0.05) is 12.0 Å². The Labute approximate surface area is 103 Å². The fourth-order valence-corrected chi connectivity index (χ4v) is 3.11. The number of rotatable bonds is 3. The molecule has 2 unspecified atom stereocenters. The van der Waals surface area contributed by atoms with Crippen LogP contribution in [0.4, 0.5) is 0 Å². The Balaban J connectivity index is 1.80. The van der Waals surface area contributed by atoms with Crippen LogP contribution in [0.5, 0.6) is 0 Å². The van der Waals surface area contributed by atoms with Gasteiger partial charge in [-0.1, -0.05) is 25.7 Å². The van der Waals surface area contributed by atoms with Crippen molar-refractivity contribution in [3.63, 3.8) is 0 Å². The summed E-state index contributed by atoms with van der Waals surface area (Å²) in [6, 6.07) is -0.0544. The minimum atomic E-state index is -0.370. The van der Waals surface area contributed by atoms with Gasteiger partial charge in [-0.05, 0) is 25.7 Å². The first-order chi connectivity index (χ1) is 8.09. The number of aliphatic hydroxyl groups is 1. The summed E-state index contributed by atoms with van der Waals surface area (Å²) in [5, 5.41) is 12.7. The molecule has 4 heteroatoms. The molecule has 0 heterocycles. The van der Waals surface area contributed by atoms with Gasteiger partial charge in [0.2, 0.25) is 5.91 Å². The molecule has 2 atom stereocenters. The molecule has 98 valence electrons. The van der Waals surface area contributed by atoms with Gasteiger partial charge in [-0.25, -0.2) is 0 Å². The molecule has 0 radical (unpaired) electrons. The molecular formula is C13H24N2O2. The second-order valence-electron chi connectivity index (χ2n) is 5.77. The molecular weight excluding hydrogens is 216 g/mol. The average Bonchev–Trinajstić information content (AvgIpc) is 2.68. The van der Waals surface area contributed by atoms with Crippen LogP contribution in [-0.4, -0.2) is 28.7 Å². The summed E-state index contributed by atoms with van der Waals surface area (Å²) in [6.45, 7) is 0. The van der Waals surface area contributed by atoms with E-state index in [2.05, 4.69) is 5.32 Å². The van der Waals surface area contributed by atoms with Crippen LogP contribution >= 0.6 is 0 Å². The summed E-state index contributed by atoms with van der Waals surface area (Å²) in [5.74, 6) is 0.0142. The van der Waals surface area contributed by atoms with E-state index >= 15 is 0 Å². The molecule has 0 aromatic carbocycles. The number of hydrogen-bond acceptors (Lipinski definition) is 3. The number of amides is 1. The first-order valence-corrected chi connectivity index (χ1v) is 6.85. The molecule has 17 heavy (non-hydrogen) atoms. The molecule has 0 bridgehead atoms. The van der Waals surface area contributed by atoms with Crippen molar-refractivity contribution >= 4 is 5.91 Å². The van der Waals surface area contributed by atoms with Crippen LogP contribution in [0.1, 0.15) is 57.8 Å². The lowest BCUT2D eigenvalue weighted by molar-refractivity contribution is -0.124. The number of aliphatic hydroxyl groups excluding tert-OH is 1. The van der Waals surface area contributed by atoms with E-state index in [1.807, 2.05) is 0 Å². The molecule has 2 saturated carbocycles. The predicted molar refractivity (Wildman–Crippen MR) is 66.4 cm³/mol.